The number of benzene rings is 2. The normalized spacial score (nSPS) is 13.8. The van der Waals surface area contributed by atoms with Gasteiger partial charge < -0.3 is 14.8 Å². The molecule has 29 heavy (non-hydrogen) atoms. The van der Waals surface area contributed by atoms with Crippen LogP contribution in [0.1, 0.15) is 40.3 Å². The van der Waals surface area contributed by atoms with E-state index in [-0.39, 0.29) is 11.9 Å². The number of amides is 1. The lowest BCUT2D eigenvalue weighted by Crippen LogP contribution is -2.26. The summed E-state index contributed by atoms with van der Waals surface area (Å²) in [6.45, 7) is 7.00. The van der Waals surface area contributed by atoms with Crippen LogP contribution in [0.15, 0.2) is 46.9 Å². The van der Waals surface area contributed by atoms with Crippen LogP contribution in [0.2, 0.25) is 0 Å². The number of fused-ring (bicyclic) bond motifs is 1. The quantitative estimate of drug-likeness (QED) is 0.628. The zero-order valence-corrected chi connectivity index (χ0v) is 18.1. The smallest absolute Gasteiger partial charge is 0.251 e. The lowest BCUT2D eigenvalue weighted by molar-refractivity contribution is 0.0939. The molecule has 0 fully saturated rings. The molecule has 1 unspecified atom stereocenters. The summed E-state index contributed by atoms with van der Waals surface area (Å²) >= 11 is 3.54. The van der Waals surface area contributed by atoms with Gasteiger partial charge >= 0.3 is 0 Å². The predicted molar refractivity (Wildman–Crippen MR) is 114 cm³/mol. The average Bonchev–Trinajstić information content (AvgIpc) is 3.00. The van der Waals surface area contributed by atoms with Gasteiger partial charge in [-0.05, 0) is 78.7 Å². The van der Waals surface area contributed by atoms with E-state index in [1.807, 2.05) is 67.9 Å². The third-order valence-electron chi connectivity index (χ3n) is 4.99. The van der Waals surface area contributed by atoms with Gasteiger partial charge in [0.05, 0.1) is 27.6 Å². The van der Waals surface area contributed by atoms with Crippen molar-refractivity contribution in [2.24, 2.45) is 0 Å². The second kappa shape index (κ2) is 7.91. The number of nitrogens with one attached hydrogen (secondary N) is 1. The van der Waals surface area contributed by atoms with Crippen molar-refractivity contribution in [1.82, 2.24) is 15.1 Å². The number of ether oxygens (including phenoxy) is 2. The van der Waals surface area contributed by atoms with Gasteiger partial charge in [0, 0.05) is 5.56 Å². The van der Waals surface area contributed by atoms with E-state index in [0.29, 0.717) is 18.8 Å². The monoisotopic (exact) mass is 455 g/mol. The maximum Gasteiger partial charge on any atom is 0.251 e. The molecule has 1 aliphatic heterocycles. The highest BCUT2D eigenvalue weighted by Crippen LogP contribution is 2.32. The Kier molecular flexibility index (Phi) is 5.32. The first-order valence-corrected chi connectivity index (χ1v) is 10.3. The number of carbonyl (C=O) groups is 1. The molecular weight excluding hydrogens is 434 g/mol. The van der Waals surface area contributed by atoms with Crippen molar-refractivity contribution in [3.63, 3.8) is 0 Å². The summed E-state index contributed by atoms with van der Waals surface area (Å²) in [5, 5.41) is 7.56. The van der Waals surface area contributed by atoms with Crippen molar-refractivity contribution in [1.29, 1.82) is 0 Å². The summed E-state index contributed by atoms with van der Waals surface area (Å²) in [6.07, 6.45) is 0. The predicted octanol–water partition coefficient (Wildman–Crippen LogP) is 4.51. The van der Waals surface area contributed by atoms with Gasteiger partial charge in [0.1, 0.15) is 13.2 Å². The molecule has 7 heteroatoms. The van der Waals surface area contributed by atoms with Gasteiger partial charge in [-0.25, -0.2) is 4.68 Å². The molecule has 0 spiro atoms. The zero-order chi connectivity index (χ0) is 20.5. The molecule has 4 rings (SSSR count). The number of nitrogens with zero attached hydrogens (tertiary/aromatic N) is 2. The summed E-state index contributed by atoms with van der Waals surface area (Å²) in [5.41, 5.74) is 4.42. The number of aryl methyl sites for hydroxylation is 1. The summed E-state index contributed by atoms with van der Waals surface area (Å²) in [5.74, 6) is 1.33. The molecule has 3 aromatic rings. The Bertz CT molecular complexity index is 1060. The van der Waals surface area contributed by atoms with Crippen molar-refractivity contribution < 1.29 is 14.3 Å². The van der Waals surface area contributed by atoms with E-state index in [1.165, 1.54) is 0 Å². The Morgan fingerprint density at radius 1 is 1.10 bits per heavy atom. The fraction of sp³-hybridized carbons (Fsp3) is 0.273. The fourth-order valence-electron chi connectivity index (χ4n) is 3.32. The van der Waals surface area contributed by atoms with E-state index in [1.54, 1.807) is 0 Å². The summed E-state index contributed by atoms with van der Waals surface area (Å²) in [7, 11) is 0. The maximum atomic E-state index is 12.7. The van der Waals surface area contributed by atoms with Crippen LogP contribution < -0.4 is 14.8 Å². The number of hydrogen-bond acceptors (Lipinski definition) is 4. The van der Waals surface area contributed by atoms with Crippen LogP contribution >= 0.6 is 15.9 Å². The van der Waals surface area contributed by atoms with E-state index >= 15 is 0 Å². The molecule has 2 aromatic carbocycles. The average molecular weight is 456 g/mol. The molecule has 2 heterocycles. The molecule has 1 aromatic heterocycles. The van der Waals surface area contributed by atoms with Crippen LogP contribution in [-0.4, -0.2) is 28.9 Å². The Morgan fingerprint density at radius 2 is 1.79 bits per heavy atom. The van der Waals surface area contributed by atoms with Gasteiger partial charge in [0.2, 0.25) is 0 Å². The van der Waals surface area contributed by atoms with Crippen LogP contribution in [0.4, 0.5) is 0 Å². The van der Waals surface area contributed by atoms with Crippen LogP contribution in [0, 0.1) is 13.8 Å². The SMILES string of the molecule is Cc1nn(-c2ccc(C(=O)NC(C)c3ccc4c(c3)OCCO4)cc2)c(C)c1Br. The first kappa shape index (κ1) is 19.5. The van der Waals surface area contributed by atoms with E-state index in [9.17, 15) is 4.79 Å². The second-order valence-electron chi connectivity index (χ2n) is 7.04. The molecule has 6 nitrogen and oxygen atoms in total. The van der Waals surface area contributed by atoms with E-state index < -0.39 is 0 Å². The summed E-state index contributed by atoms with van der Waals surface area (Å²) < 4.78 is 14.0. The summed E-state index contributed by atoms with van der Waals surface area (Å²) in [6, 6.07) is 13.0. The lowest BCUT2D eigenvalue weighted by atomic mass is 10.1. The van der Waals surface area contributed by atoms with E-state index in [4.69, 9.17) is 9.47 Å². The zero-order valence-electron chi connectivity index (χ0n) is 16.5. The third-order valence-corrected chi connectivity index (χ3v) is 6.14. The highest BCUT2D eigenvalue weighted by molar-refractivity contribution is 9.10. The van der Waals surface area contributed by atoms with Crippen molar-refractivity contribution >= 4 is 21.8 Å². The number of carbonyl (C=O) groups excluding carboxylic acids is 1. The van der Waals surface area contributed by atoms with Crippen LogP contribution in [0.5, 0.6) is 11.5 Å². The topological polar surface area (TPSA) is 65.4 Å². The van der Waals surface area contributed by atoms with Gasteiger partial charge in [0.25, 0.3) is 5.91 Å². The first-order chi connectivity index (χ1) is 13.9. The Labute approximate surface area is 178 Å². The number of aromatic nitrogens is 2. The van der Waals surface area contributed by atoms with Crippen LogP contribution in [0.25, 0.3) is 5.69 Å². The van der Waals surface area contributed by atoms with E-state index in [0.717, 1.165) is 38.6 Å². The van der Waals surface area contributed by atoms with Crippen LogP contribution in [0.3, 0.4) is 0 Å². The third kappa shape index (κ3) is 3.87. The minimum absolute atomic E-state index is 0.131. The summed E-state index contributed by atoms with van der Waals surface area (Å²) in [4.78, 5) is 12.7. The Hall–Kier alpha value is -2.80. The minimum Gasteiger partial charge on any atom is -0.486 e. The number of hydrogen-bond donors (Lipinski definition) is 1. The van der Waals surface area contributed by atoms with E-state index in [2.05, 4.69) is 26.3 Å². The van der Waals surface area contributed by atoms with Crippen LogP contribution in [-0.2, 0) is 0 Å². The van der Waals surface area contributed by atoms with Gasteiger partial charge in [-0.2, -0.15) is 5.10 Å². The maximum absolute atomic E-state index is 12.7. The highest BCUT2D eigenvalue weighted by Gasteiger charge is 2.17. The Balaban J connectivity index is 1.47. The number of rotatable bonds is 4. The van der Waals surface area contributed by atoms with Gasteiger partial charge in [-0.15, -0.1) is 0 Å². The molecular formula is C22H22BrN3O3. The van der Waals surface area contributed by atoms with Crippen molar-refractivity contribution in [2.45, 2.75) is 26.8 Å². The molecule has 0 saturated heterocycles. The standard InChI is InChI=1S/C22H22BrN3O3/c1-13(17-6-9-19-20(12-17)29-11-10-28-19)24-22(27)16-4-7-18(8-5-16)26-15(3)21(23)14(2)25-26/h4-9,12-13H,10-11H2,1-3H3,(H,24,27). The molecule has 0 aliphatic carbocycles. The minimum atomic E-state index is -0.162. The van der Waals surface area contributed by atoms with Crippen molar-refractivity contribution in [3.8, 4) is 17.2 Å². The van der Waals surface area contributed by atoms with Gasteiger partial charge in [-0.1, -0.05) is 6.07 Å². The molecule has 1 amide bonds. The Morgan fingerprint density at radius 3 is 2.45 bits per heavy atom. The number of halogens is 1. The van der Waals surface area contributed by atoms with Crippen molar-refractivity contribution in [2.75, 3.05) is 13.2 Å². The molecule has 0 saturated carbocycles. The molecule has 150 valence electrons. The van der Waals surface area contributed by atoms with Gasteiger partial charge in [0.15, 0.2) is 11.5 Å². The highest BCUT2D eigenvalue weighted by atomic mass is 79.9. The molecule has 1 atom stereocenters. The lowest BCUT2D eigenvalue weighted by Gasteiger charge is -2.21. The molecule has 0 radical (unpaired) electrons. The second-order valence-corrected chi connectivity index (χ2v) is 7.83. The molecule has 1 aliphatic rings. The van der Waals surface area contributed by atoms with Crippen molar-refractivity contribution in [3.05, 3.63) is 69.5 Å². The molecule has 0 bridgehead atoms. The fourth-order valence-corrected chi connectivity index (χ4v) is 3.57. The van der Waals surface area contributed by atoms with Gasteiger partial charge in [-0.3, -0.25) is 4.79 Å². The largest absolute Gasteiger partial charge is 0.486 e. The first-order valence-electron chi connectivity index (χ1n) is 9.46. The molecule has 1 N–H and O–H groups in total.